The molecular formula is C16H22F3N. The molecule has 0 bridgehead atoms. The van der Waals surface area contributed by atoms with Crippen LogP contribution in [0.4, 0.5) is 13.2 Å². The maximum atomic E-state index is 12.8. The van der Waals surface area contributed by atoms with Gasteiger partial charge in [-0.25, -0.2) is 0 Å². The Labute approximate surface area is 118 Å². The van der Waals surface area contributed by atoms with Gasteiger partial charge in [0.15, 0.2) is 0 Å². The Hall–Kier alpha value is -1.03. The van der Waals surface area contributed by atoms with E-state index in [1.54, 1.807) is 24.3 Å². The molecule has 1 saturated carbocycles. The van der Waals surface area contributed by atoms with Crippen LogP contribution in [0.1, 0.15) is 51.1 Å². The van der Waals surface area contributed by atoms with Gasteiger partial charge in [-0.1, -0.05) is 44.2 Å². The maximum absolute atomic E-state index is 12.8. The second kappa shape index (κ2) is 5.76. The van der Waals surface area contributed by atoms with Gasteiger partial charge in [-0.15, -0.1) is 0 Å². The fourth-order valence-electron chi connectivity index (χ4n) is 3.05. The van der Waals surface area contributed by atoms with E-state index >= 15 is 0 Å². The molecule has 20 heavy (non-hydrogen) atoms. The Kier molecular flexibility index (Phi) is 4.43. The summed E-state index contributed by atoms with van der Waals surface area (Å²) in [5.41, 5.74) is 0.950. The van der Waals surface area contributed by atoms with Crippen molar-refractivity contribution in [1.82, 2.24) is 5.32 Å². The zero-order chi connectivity index (χ0) is 14.8. The molecule has 1 fully saturated rings. The molecule has 0 saturated heterocycles. The number of hydrogen-bond donors (Lipinski definition) is 1. The topological polar surface area (TPSA) is 12.0 Å². The second-order valence-corrected chi connectivity index (χ2v) is 6.55. The fraction of sp³-hybridized carbons (Fsp3) is 0.625. The normalized spacial score (nSPS) is 23.8. The van der Waals surface area contributed by atoms with Gasteiger partial charge < -0.3 is 5.32 Å². The SMILES string of the molecule is CC1(C)CCC(NC(CC(F)(F)F)c2ccccc2)C1. The summed E-state index contributed by atoms with van der Waals surface area (Å²) in [5, 5.41) is 3.22. The fourth-order valence-corrected chi connectivity index (χ4v) is 3.05. The van der Waals surface area contributed by atoms with Crippen LogP contribution in [0.25, 0.3) is 0 Å². The lowest BCUT2D eigenvalue weighted by molar-refractivity contribution is -0.140. The Morgan fingerprint density at radius 1 is 1.25 bits per heavy atom. The van der Waals surface area contributed by atoms with Crippen molar-refractivity contribution in [2.45, 2.75) is 57.8 Å². The smallest absolute Gasteiger partial charge is 0.307 e. The standard InChI is InChI=1S/C16H22F3N/c1-15(2)9-8-13(10-15)20-14(11-16(17,18)19)12-6-4-3-5-7-12/h3-7,13-14,20H,8-11H2,1-2H3. The number of nitrogens with one attached hydrogen (secondary N) is 1. The Morgan fingerprint density at radius 3 is 2.40 bits per heavy atom. The van der Waals surface area contributed by atoms with E-state index in [-0.39, 0.29) is 11.5 Å². The lowest BCUT2D eigenvalue weighted by atomic mass is 9.91. The van der Waals surface area contributed by atoms with Crippen LogP contribution in [0.5, 0.6) is 0 Å². The molecule has 1 aromatic rings. The van der Waals surface area contributed by atoms with Crippen molar-refractivity contribution in [2.75, 3.05) is 0 Å². The van der Waals surface area contributed by atoms with Gasteiger partial charge >= 0.3 is 6.18 Å². The van der Waals surface area contributed by atoms with Crippen molar-refractivity contribution >= 4 is 0 Å². The van der Waals surface area contributed by atoms with Crippen molar-refractivity contribution < 1.29 is 13.2 Å². The first-order valence-electron chi connectivity index (χ1n) is 7.13. The van der Waals surface area contributed by atoms with Crippen molar-refractivity contribution in [2.24, 2.45) is 5.41 Å². The predicted octanol–water partition coefficient (Wildman–Crippen LogP) is 4.85. The Balaban J connectivity index is 2.08. The zero-order valence-corrected chi connectivity index (χ0v) is 12.0. The van der Waals surface area contributed by atoms with Crippen LogP contribution in [-0.4, -0.2) is 12.2 Å². The third-order valence-corrected chi connectivity index (χ3v) is 4.04. The number of hydrogen-bond acceptors (Lipinski definition) is 1. The molecule has 1 N–H and O–H groups in total. The van der Waals surface area contributed by atoms with Gasteiger partial charge in [-0.3, -0.25) is 0 Å². The van der Waals surface area contributed by atoms with Gasteiger partial charge in [0, 0.05) is 12.1 Å². The van der Waals surface area contributed by atoms with E-state index in [4.69, 9.17) is 0 Å². The van der Waals surface area contributed by atoms with Gasteiger partial charge in [0.1, 0.15) is 0 Å². The molecule has 0 aromatic heterocycles. The Morgan fingerprint density at radius 2 is 1.90 bits per heavy atom. The van der Waals surface area contributed by atoms with Crippen LogP contribution in [0.2, 0.25) is 0 Å². The van der Waals surface area contributed by atoms with Gasteiger partial charge in [-0.05, 0) is 30.2 Å². The van der Waals surface area contributed by atoms with Gasteiger partial charge in [0.25, 0.3) is 0 Å². The first kappa shape index (κ1) is 15.4. The quantitative estimate of drug-likeness (QED) is 0.834. The molecule has 1 nitrogen and oxygen atoms in total. The average Bonchev–Trinajstić information content (AvgIpc) is 2.67. The maximum Gasteiger partial charge on any atom is 0.390 e. The number of benzene rings is 1. The highest BCUT2D eigenvalue weighted by Gasteiger charge is 2.36. The summed E-state index contributed by atoms with van der Waals surface area (Å²) in [7, 11) is 0. The molecule has 112 valence electrons. The summed E-state index contributed by atoms with van der Waals surface area (Å²) in [6, 6.07) is 8.48. The molecule has 4 heteroatoms. The molecular weight excluding hydrogens is 263 g/mol. The minimum absolute atomic E-state index is 0.178. The van der Waals surface area contributed by atoms with Crippen LogP contribution in [0, 0.1) is 5.41 Å². The number of rotatable bonds is 4. The summed E-state index contributed by atoms with van der Waals surface area (Å²) >= 11 is 0. The Bertz CT molecular complexity index is 425. The highest BCUT2D eigenvalue weighted by molar-refractivity contribution is 5.19. The minimum Gasteiger partial charge on any atom is -0.307 e. The van der Waals surface area contributed by atoms with E-state index in [0.717, 1.165) is 24.8 Å². The monoisotopic (exact) mass is 285 g/mol. The lowest BCUT2D eigenvalue weighted by Gasteiger charge is -2.25. The number of alkyl halides is 3. The molecule has 0 amide bonds. The van der Waals surface area contributed by atoms with Crippen molar-refractivity contribution in [3.05, 3.63) is 35.9 Å². The first-order chi connectivity index (χ1) is 9.25. The van der Waals surface area contributed by atoms with Crippen LogP contribution >= 0.6 is 0 Å². The van der Waals surface area contributed by atoms with E-state index in [2.05, 4.69) is 19.2 Å². The summed E-state index contributed by atoms with van der Waals surface area (Å²) in [4.78, 5) is 0. The predicted molar refractivity (Wildman–Crippen MR) is 74.4 cm³/mol. The second-order valence-electron chi connectivity index (χ2n) is 6.55. The average molecular weight is 285 g/mol. The van der Waals surface area contributed by atoms with Crippen molar-refractivity contribution in [3.8, 4) is 0 Å². The van der Waals surface area contributed by atoms with Gasteiger partial charge in [0.05, 0.1) is 6.42 Å². The third kappa shape index (κ3) is 4.51. The summed E-state index contributed by atoms with van der Waals surface area (Å²) < 4.78 is 38.3. The molecule has 2 atom stereocenters. The highest BCUT2D eigenvalue weighted by atomic mass is 19.4. The van der Waals surface area contributed by atoms with Crippen molar-refractivity contribution in [3.63, 3.8) is 0 Å². The van der Waals surface area contributed by atoms with E-state index in [1.165, 1.54) is 0 Å². The van der Waals surface area contributed by atoms with E-state index < -0.39 is 18.6 Å². The first-order valence-corrected chi connectivity index (χ1v) is 7.13. The highest BCUT2D eigenvalue weighted by Crippen LogP contribution is 2.39. The van der Waals surface area contributed by atoms with Crippen LogP contribution in [0.15, 0.2) is 30.3 Å². The third-order valence-electron chi connectivity index (χ3n) is 4.04. The van der Waals surface area contributed by atoms with Crippen LogP contribution in [0.3, 0.4) is 0 Å². The summed E-state index contributed by atoms with van der Waals surface area (Å²) in [6.45, 7) is 4.35. The largest absolute Gasteiger partial charge is 0.390 e. The molecule has 0 aliphatic heterocycles. The minimum atomic E-state index is -4.15. The van der Waals surface area contributed by atoms with Crippen LogP contribution < -0.4 is 5.32 Å². The van der Waals surface area contributed by atoms with Crippen LogP contribution in [-0.2, 0) is 0 Å². The molecule has 1 aromatic carbocycles. The van der Waals surface area contributed by atoms with Gasteiger partial charge in [-0.2, -0.15) is 13.2 Å². The molecule has 0 radical (unpaired) electrons. The molecule has 0 spiro atoms. The molecule has 1 aliphatic carbocycles. The molecule has 0 heterocycles. The summed E-state index contributed by atoms with van der Waals surface area (Å²) in [5.74, 6) is 0. The molecule has 1 aliphatic rings. The lowest BCUT2D eigenvalue weighted by Crippen LogP contribution is -2.34. The van der Waals surface area contributed by atoms with E-state index in [9.17, 15) is 13.2 Å². The van der Waals surface area contributed by atoms with E-state index in [0.29, 0.717) is 0 Å². The van der Waals surface area contributed by atoms with E-state index in [1.807, 2.05) is 6.07 Å². The zero-order valence-electron chi connectivity index (χ0n) is 12.0. The number of halogens is 3. The summed E-state index contributed by atoms with van der Waals surface area (Å²) in [6.07, 6.45) is -2.00. The van der Waals surface area contributed by atoms with Crippen molar-refractivity contribution in [1.29, 1.82) is 0 Å². The molecule has 2 unspecified atom stereocenters. The van der Waals surface area contributed by atoms with Gasteiger partial charge in [0.2, 0.25) is 0 Å². The molecule has 2 rings (SSSR count).